The van der Waals surface area contributed by atoms with Gasteiger partial charge in [0.15, 0.2) is 5.13 Å². The van der Waals surface area contributed by atoms with Crippen LogP contribution in [0.25, 0.3) is 10.2 Å². The van der Waals surface area contributed by atoms with Crippen molar-refractivity contribution in [3.8, 4) is 5.75 Å². The number of thioether (sulfide) groups is 1. The monoisotopic (exact) mass is 469 g/mol. The highest BCUT2D eigenvalue weighted by Gasteiger charge is 2.20. The number of hydrogen-bond donors (Lipinski definition) is 0. The Kier molecular flexibility index (Phi) is 7.06. The molecule has 158 valence electrons. The van der Waals surface area contributed by atoms with E-state index in [-0.39, 0.29) is 5.91 Å². The highest BCUT2D eigenvalue weighted by atomic mass is 35.5. The number of halogens is 1. The van der Waals surface area contributed by atoms with E-state index in [1.807, 2.05) is 54.6 Å². The van der Waals surface area contributed by atoms with Gasteiger partial charge in [-0.25, -0.2) is 4.98 Å². The lowest BCUT2D eigenvalue weighted by Gasteiger charge is -2.20. The van der Waals surface area contributed by atoms with Crippen molar-refractivity contribution in [3.05, 3.63) is 77.6 Å². The number of ether oxygens (including phenoxy) is 1. The molecule has 2 aromatic carbocycles. The second-order valence-electron chi connectivity index (χ2n) is 6.72. The van der Waals surface area contributed by atoms with Gasteiger partial charge in [0.2, 0.25) is 5.91 Å². The number of carbonyl (C=O) groups excluding carboxylic acids is 1. The molecule has 0 radical (unpaired) electrons. The van der Waals surface area contributed by atoms with Crippen LogP contribution in [0.5, 0.6) is 5.75 Å². The quantitative estimate of drug-likeness (QED) is 0.293. The number of anilines is 1. The van der Waals surface area contributed by atoms with E-state index in [0.29, 0.717) is 28.9 Å². The molecular formula is C23H20ClN3O2S2. The van der Waals surface area contributed by atoms with E-state index in [4.69, 9.17) is 16.3 Å². The van der Waals surface area contributed by atoms with E-state index < -0.39 is 0 Å². The van der Waals surface area contributed by atoms with Gasteiger partial charge in [0.1, 0.15) is 5.75 Å². The van der Waals surface area contributed by atoms with Gasteiger partial charge < -0.3 is 4.74 Å². The van der Waals surface area contributed by atoms with Crippen molar-refractivity contribution >= 4 is 56.0 Å². The van der Waals surface area contributed by atoms with Gasteiger partial charge in [0, 0.05) is 34.5 Å². The fraction of sp³-hybridized carbons (Fsp3) is 0.174. The first-order valence-electron chi connectivity index (χ1n) is 9.64. The minimum absolute atomic E-state index is 0.0305. The standard InChI is InChI=1S/C23H20ClN3O2S2/c1-29-18-3-5-19(6-4-18)30-13-10-22(28)27(15-16-8-11-25-12-9-16)23-26-20-7-2-17(24)14-21(20)31-23/h2-9,11-12,14H,10,13,15H2,1H3. The lowest BCUT2D eigenvalue weighted by atomic mass is 10.2. The Hall–Kier alpha value is -2.61. The van der Waals surface area contributed by atoms with Crippen LogP contribution in [0.2, 0.25) is 5.02 Å². The molecule has 2 aromatic heterocycles. The maximum atomic E-state index is 13.2. The summed E-state index contributed by atoms with van der Waals surface area (Å²) < 4.78 is 6.15. The summed E-state index contributed by atoms with van der Waals surface area (Å²) in [7, 11) is 1.65. The molecule has 31 heavy (non-hydrogen) atoms. The van der Waals surface area contributed by atoms with Gasteiger partial charge in [0.05, 0.1) is 23.9 Å². The molecule has 1 amide bonds. The van der Waals surface area contributed by atoms with Crippen molar-refractivity contribution < 1.29 is 9.53 Å². The van der Waals surface area contributed by atoms with E-state index in [1.54, 1.807) is 36.2 Å². The summed E-state index contributed by atoms with van der Waals surface area (Å²) in [5.74, 6) is 1.53. The van der Waals surface area contributed by atoms with Gasteiger partial charge in [0.25, 0.3) is 0 Å². The molecule has 0 saturated heterocycles. The summed E-state index contributed by atoms with van der Waals surface area (Å²) in [5.41, 5.74) is 1.84. The summed E-state index contributed by atoms with van der Waals surface area (Å²) >= 11 is 9.25. The second kappa shape index (κ2) is 10.1. The predicted octanol–water partition coefficient (Wildman–Crippen LogP) is 6.07. The third-order valence-corrected chi connectivity index (χ3v) is 6.90. The van der Waals surface area contributed by atoms with Crippen LogP contribution in [0.1, 0.15) is 12.0 Å². The van der Waals surface area contributed by atoms with E-state index in [1.165, 1.54) is 11.3 Å². The normalized spacial score (nSPS) is 10.9. The van der Waals surface area contributed by atoms with Crippen molar-refractivity contribution in [3.63, 3.8) is 0 Å². The number of pyridine rings is 1. The Bertz CT molecular complexity index is 1170. The third-order valence-electron chi connectivity index (χ3n) is 4.61. The highest BCUT2D eigenvalue weighted by molar-refractivity contribution is 7.99. The van der Waals surface area contributed by atoms with Crippen molar-refractivity contribution in [1.82, 2.24) is 9.97 Å². The zero-order valence-corrected chi connectivity index (χ0v) is 19.2. The van der Waals surface area contributed by atoms with Crippen molar-refractivity contribution in [2.45, 2.75) is 17.9 Å². The minimum atomic E-state index is 0.0305. The molecule has 8 heteroatoms. The number of carbonyl (C=O) groups is 1. The Labute approximate surface area is 194 Å². The molecule has 0 bridgehead atoms. The summed E-state index contributed by atoms with van der Waals surface area (Å²) in [4.78, 5) is 24.8. The SMILES string of the molecule is COc1ccc(SCCC(=O)N(Cc2ccncc2)c2nc3ccc(Cl)cc3s2)cc1. The molecule has 5 nitrogen and oxygen atoms in total. The number of benzene rings is 2. The fourth-order valence-electron chi connectivity index (χ4n) is 3.00. The van der Waals surface area contributed by atoms with E-state index in [0.717, 1.165) is 26.4 Å². The first-order chi connectivity index (χ1) is 15.1. The smallest absolute Gasteiger partial charge is 0.229 e. The summed E-state index contributed by atoms with van der Waals surface area (Å²) in [6, 6.07) is 17.2. The minimum Gasteiger partial charge on any atom is -0.497 e. The Morgan fingerprint density at radius 2 is 1.90 bits per heavy atom. The van der Waals surface area contributed by atoms with Gasteiger partial charge in [-0.3, -0.25) is 14.7 Å². The predicted molar refractivity (Wildman–Crippen MR) is 128 cm³/mol. The van der Waals surface area contributed by atoms with Crippen LogP contribution in [0, 0.1) is 0 Å². The number of hydrogen-bond acceptors (Lipinski definition) is 6. The van der Waals surface area contributed by atoms with Gasteiger partial charge in [-0.2, -0.15) is 0 Å². The summed E-state index contributed by atoms with van der Waals surface area (Å²) in [6.45, 7) is 0.447. The average molecular weight is 470 g/mol. The third kappa shape index (κ3) is 5.55. The Balaban J connectivity index is 1.50. The molecule has 0 unspecified atom stereocenters. The highest BCUT2D eigenvalue weighted by Crippen LogP contribution is 2.32. The number of aromatic nitrogens is 2. The Morgan fingerprint density at radius 3 is 2.65 bits per heavy atom. The van der Waals surface area contributed by atoms with Gasteiger partial charge in [-0.15, -0.1) is 11.8 Å². The topological polar surface area (TPSA) is 55.3 Å². The zero-order chi connectivity index (χ0) is 21.6. The van der Waals surface area contributed by atoms with Gasteiger partial charge >= 0.3 is 0 Å². The van der Waals surface area contributed by atoms with Crippen molar-refractivity contribution in [2.75, 3.05) is 17.8 Å². The van der Waals surface area contributed by atoms with Crippen LogP contribution in [0.3, 0.4) is 0 Å². The lowest BCUT2D eigenvalue weighted by Crippen LogP contribution is -2.30. The summed E-state index contributed by atoms with van der Waals surface area (Å²) in [5, 5.41) is 1.33. The van der Waals surface area contributed by atoms with Crippen LogP contribution in [-0.2, 0) is 11.3 Å². The molecule has 0 atom stereocenters. The molecule has 4 aromatic rings. The molecule has 0 aliphatic heterocycles. The van der Waals surface area contributed by atoms with Crippen LogP contribution >= 0.6 is 34.7 Å². The molecule has 0 fully saturated rings. The molecule has 4 rings (SSSR count). The Morgan fingerprint density at radius 1 is 1.13 bits per heavy atom. The lowest BCUT2D eigenvalue weighted by molar-refractivity contribution is -0.118. The van der Waals surface area contributed by atoms with E-state index in [2.05, 4.69) is 9.97 Å². The molecule has 2 heterocycles. The number of fused-ring (bicyclic) bond motifs is 1. The van der Waals surface area contributed by atoms with Crippen LogP contribution in [0.15, 0.2) is 71.9 Å². The maximum absolute atomic E-state index is 13.2. The van der Waals surface area contributed by atoms with Crippen molar-refractivity contribution in [2.24, 2.45) is 0 Å². The molecule has 0 spiro atoms. The van der Waals surface area contributed by atoms with Crippen molar-refractivity contribution in [1.29, 1.82) is 0 Å². The largest absolute Gasteiger partial charge is 0.497 e. The zero-order valence-electron chi connectivity index (χ0n) is 16.8. The fourth-order valence-corrected chi connectivity index (χ4v) is 5.10. The number of methoxy groups -OCH3 is 1. The van der Waals surface area contributed by atoms with Crippen LogP contribution in [-0.4, -0.2) is 28.7 Å². The maximum Gasteiger partial charge on any atom is 0.229 e. The average Bonchev–Trinajstić information content (AvgIpc) is 3.21. The summed E-state index contributed by atoms with van der Waals surface area (Å²) in [6.07, 6.45) is 3.86. The molecule has 0 aliphatic rings. The molecule has 0 aliphatic carbocycles. The molecular weight excluding hydrogens is 450 g/mol. The van der Waals surface area contributed by atoms with Crippen LogP contribution < -0.4 is 9.64 Å². The van der Waals surface area contributed by atoms with Gasteiger partial charge in [-0.05, 0) is 60.2 Å². The van der Waals surface area contributed by atoms with Crippen LogP contribution in [0.4, 0.5) is 5.13 Å². The number of rotatable bonds is 8. The molecule has 0 N–H and O–H groups in total. The van der Waals surface area contributed by atoms with Gasteiger partial charge in [-0.1, -0.05) is 22.9 Å². The number of thiazole rings is 1. The first kappa shape index (κ1) is 21.6. The number of amides is 1. The number of nitrogens with zero attached hydrogens (tertiary/aromatic N) is 3. The van der Waals surface area contributed by atoms with E-state index in [9.17, 15) is 4.79 Å². The van der Waals surface area contributed by atoms with E-state index >= 15 is 0 Å². The first-order valence-corrected chi connectivity index (χ1v) is 11.8. The second-order valence-corrected chi connectivity index (χ2v) is 9.33. The molecule has 0 saturated carbocycles.